The fourth-order valence-electron chi connectivity index (χ4n) is 0.994. The molecule has 2 heteroatoms. The summed E-state index contributed by atoms with van der Waals surface area (Å²) in [7, 11) is 0. The van der Waals surface area contributed by atoms with Crippen molar-refractivity contribution in [3.8, 4) is 0 Å². The Bertz CT molecular complexity index is 93.6. The number of halogens is 1. The molecule has 0 radical (unpaired) electrons. The van der Waals surface area contributed by atoms with Crippen LogP contribution in [-0.4, -0.2) is 19.0 Å². The van der Waals surface area contributed by atoms with Crippen molar-refractivity contribution < 1.29 is 0 Å². The van der Waals surface area contributed by atoms with Crippen molar-refractivity contribution in [1.29, 1.82) is 0 Å². The zero-order chi connectivity index (χ0) is 8.53. The highest BCUT2D eigenvalue weighted by Gasteiger charge is 2.02. The third-order valence-corrected chi connectivity index (χ3v) is 2.03. The van der Waals surface area contributed by atoms with Gasteiger partial charge in [0.05, 0.1) is 0 Å². The van der Waals surface area contributed by atoms with E-state index in [-0.39, 0.29) is 0 Å². The van der Waals surface area contributed by atoms with Crippen LogP contribution >= 0.6 is 11.6 Å². The third-order valence-electron chi connectivity index (χ3n) is 1.82. The molecule has 0 aromatic heterocycles. The van der Waals surface area contributed by atoms with Gasteiger partial charge >= 0.3 is 0 Å². The van der Waals surface area contributed by atoms with E-state index in [0.717, 1.165) is 31.3 Å². The van der Waals surface area contributed by atoms with Gasteiger partial charge in [-0.25, -0.2) is 0 Å². The molecule has 0 aliphatic heterocycles. The molecule has 0 amide bonds. The Kier molecular flexibility index (Phi) is 8.08. The SMILES string of the molecule is C=CCNCC(CC)CCCl. The average molecular weight is 176 g/mol. The molecular weight excluding hydrogens is 158 g/mol. The minimum Gasteiger partial charge on any atom is -0.313 e. The summed E-state index contributed by atoms with van der Waals surface area (Å²) in [6.07, 6.45) is 4.20. The molecule has 1 nitrogen and oxygen atoms in total. The van der Waals surface area contributed by atoms with Crippen LogP contribution in [-0.2, 0) is 0 Å². The molecule has 1 N–H and O–H groups in total. The first-order valence-electron chi connectivity index (χ1n) is 4.22. The number of hydrogen-bond donors (Lipinski definition) is 1. The van der Waals surface area contributed by atoms with Crippen LogP contribution < -0.4 is 5.32 Å². The lowest BCUT2D eigenvalue weighted by Crippen LogP contribution is -2.22. The van der Waals surface area contributed by atoms with Gasteiger partial charge in [-0.15, -0.1) is 18.2 Å². The van der Waals surface area contributed by atoms with Crippen LogP contribution in [0.3, 0.4) is 0 Å². The first kappa shape index (κ1) is 11.0. The number of hydrogen-bond acceptors (Lipinski definition) is 1. The van der Waals surface area contributed by atoms with Gasteiger partial charge in [-0.2, -0.15) is 0 Å². The highest BCUT2D eigenvalue weighted by molar-refractivity contribution is 6.17. The Morgan fingerprint density at radius 2 is 2.36 bits per heavy atom. The van der Waals surface area contributed by atoms with Gasteiger partial charge in [-0.05, 0) is 18.9 Å². The second kappa shape index (κ2) is 8.09. The maximum atomic E-state index is 5.64. The van der Waals surface area contributed by atoms with E-state index in [1.165, 1.54) is 6.42 Å². The maximum Gasteiger partial charge on any atom is 0.0226 e. The first-order valence-corrected chi connectivity index (χ1v) is 4.76. The predicted octanol–water partition coefficient (Wildman–Crippen LogP) is 2.42. The van der Waals surface area contributed by atoms with Crippen LogP contribution in [0.5, 0.6) is 0 Å². The van der Waals surface area contributed by atoms with Crippen molar-refractivity contribution in [2.75, 3.05) is 19.0 Å². The summed E-state index contributed by atoms with van der Waals surface area (Å²) in [5.74, 6) is 1.50. The summed E-state index contributed by atoms with van der Waals surface area (Å²) in [5.41, 5.74) is 0. The van der Waals surface area contributed by atoms with Gasteiger partial charge in [-0.1, -0.05) is 19.4 Å². The van der Waals surface area contributed by atoms with Gasteiger partial charge in [0.2, 0.25) is 0 Å². The van der Waals surface area contributed by atoms with E-state index < -0.39 is 0 Å². The summed E-state index contributed by atoms with van der Waals surface area (Å²) in [5, 5.41) is 3.29. The lowest BCUT2D eigenvalue weighted by atomic mass is 10.0. The molecule has 0 aliphatic carbocycles. The number of nitrogens with one attached hydrogen (secondary N) is 1. The van der Waals surface area contributed by atoms with Crippen LogP contribution in [0, 0.1) is 5.92 Å². The van der Waals surface area contributed by atoms with Crippen molar-refractivity contribution in [3.05, 3.63) is 12.7 Å². The maximum absolute atomic E-state index is 5.64. The first-order chi connectivity index (χ1) is 5.35. The fraction of sp³-hybridized carbons (Fsp3) is 0.778. The Labute approximate surface area is 74.8 Å². The second-order valence-electron chi connectivity index (χ2n) is 2.70. The molecular formula is C9H18ClN. The van der Waals surface area contributed by atoms with E-state index >= 15 is 0 Å². The van der Waals surface area contributed by atoms with Gasteiger partial charge in [-0.3, -0.25) is 0 Å². The molecule has 0 aliphatic rings. The van der Waals surface area contributed by atoms with E-state index in [9.17, 15) is 0 Å². The molecule has 66 valence electrons. The molecule has 0 aromatic rings. The van der Waals surface area contributed by atoms with Crippen LogP contribution in [0.2, 0.25) is 0 Å². The van der Waals surface area contributed by atoms with Crippen LogP contribution in [0.4, 0.5) is 0 Å². The highest BCUT2D eigenvalue weighted by atomic mass is 35.5. The van der Waals surface area contributed by atoms with E-state index in [1.807, 2.05) is 6.08 Å². The second-order valence-corrected chi connectivity index (χ2v) is 3.08. The third kappa shape index (κ3) is 6.39. The number of rotatable bonds is 7. The predicted molar refractivity (Wildman–Crippen MR) is 52.2 cm³/mol. The van der Waals surface area contributed by atoms with E-state index in [0.29, 0.717) is 0 Å². The summed E-state index contributed by atoms with van der Waals surface area (Å²) >= 11 is 5.64. The quantitative estimate of drug-likeness (QED) is 0.356. The average Bonchev–Trinajstić information content (AvgIpc) is 2.03. The monoisotopic (exact) mass is 175 g/mol. The Balaban J connectivity index is 3.27. The molecule has 0 rings (SSSR count). The van der Waals surface area contributed by atoms with Crippen molar-refractivity contribution in [1.82, 2.24) is 5.32 Å². The standard InChI is InChI=1S/C9H18ClN/c1-3-7-11-8-9(4-2)5-6-10/h3,9,11H,1,4-8H2,2H3. The van der Waals surface area contributed by atoms with Gasteiger partial charge in [0.15, 0.2) is 0 Å². The molecule has 1 atom stereocenters. The summed E-state index contributed by atoms with van der Waals surface area (Å²) < 4.78 is 0. The molecule has 0 saturated carbocycles. The van der Waals surface area contributed by atoms with E-state index in [4.69, 9.17) is 11.6 Å². The zero-order valence-corrected chi connectivity index (χ0v) is 8.03. The lowest BCUT2D eigenvalue weighted by molar-refractivity contribution is 0.463. The Hall–Kier alpha value is -0.0100. The van der Waals surface area contributed by atoms with Crippen LogP contribution in [0.15, 0.2) is 12.7 Å². The van der Waals surface area contributed by atoms with E-state index in [2.05, 4.69) is 18.8 Å². The minimum atomic E-state index is 0.729. The highest BCUT2D eigenvalue weighted by Crippen LogP contribution is 2.07. The lowest BCUT2D eigenvalue weighted by Gasteiger charge is -2.12. The summed E-state index contributed by atoms with van der Waals surface area (Å²) in [6.45, 7) is 7.81. The van der Waals surface area contributed by atoms with Gasteiger partial charge in [0.1, 0.15) is 0 Å². The van der Waals surface area contributed by atoms with Crippen molar-refractivity contribution in [2.45, 2.75) is 19.8 Å². The largest absolute Gasteiger partial charge is 0.313 e. The van der Waals surface area contributed by atoms with Crippen molar-refractivity contribution in [3.63, 3.8) is 0 Å². The molecule has 0 heterocycles. The molecule has 0 aromatic carbocycles. The number of alkyl halides is 1. The van der Waals surface area contributed by atoms with Crippen molar-refractivity contribution >= 4 is 11.6 Å². The van der Waals surface area contributed by atoms with Crippen molar-refractivity contribution in [2.24, 2.45) is 5.92 Å². The van der Waals surface area contributed by atoms with Gasteiger partial charge in [0.25, 0.3) is 0 Å². The fourth-order valence-corrected chi connectivity index (χ4v) is 1.30. The Morgan fingerprint density at radius 1 is 1.64 bits per heavy atom. The topological polar surface area (TPSA) is 12.0 Å². The molecule has 0 saturated heterocycles. The molecule has 0 bridgehead atoms. The summed E-state index contributed by atoms with van der Waals surface area (Å²) in [4.78, 5) is 0. The molecule has 0 spiro atoms. The minimum absolute atomic E-state index is 0.729. The smallest absolute Gasteiger partial charge is 0.0226 e. The molecule has 11 heavy (non-hydrogen) atoms. The van der Waals surface area contributed by atoms with E-state index in [1.54, 1.807) is 0 Å². The van der Waals surface area contributed by atoms with Crippen LogP contribution in [0.1, 0.15) is 19.8 Å². The zero-order valence-electron chi connectivity index (χ0n) is 7.28. The van der Waals surface area contributed by atoms with Gasteiger partial charge in [0, 0.05) is 12.4 Å². The normalized spacial score (nSPS) is 12.9. The molecule has 0 fully saturated rings. The summed E-state index contributed by atoms with van der Waals surface area (Å²) in [6, 6.07) is 0. The van der Waals surface area contributed by atoms with Crippen LogP contribution in [0.25, 0.3) is 0 Å². The Morgan fingerprint density at radius 3 is 2.82 bits per heavy atom. The van der Waals surface area contributed by atoms with Gasteiger partial charge < -0.3 is 5.32 Å². The molecule has 1 unspecified atom stereocenters.